The lowest BCUT2D eigenvalue weighted by molar-refractivity contribution is 0.570. The maximum atomic E-state index is 4.61. The van der Waals surface area contributed by atoms with E-state index < -0.39 is 0 Å². The topological polar surface area (TPSA) is 67.1 Å². The molecule has 9 heteroatoms. The maximum absolute atomic E-state index is 4.61. The van der Waals surface area contributed by atoms with Crippen LogP contribution in [0.5, 0.6) is 0 Å². The van der Waals surface area contributed by atoms with Gasteiger partial charge in [0.15, 0.2) is 5.96 Å². The molecule has 134 valence electrons. The van der Waals surface area contributed by atoms with Crippen molar-refractivity contribution in [3.63, 3.8) is 0 Å². The van der Waals surface area contributed by atoms with Crippen molar-refractivity contribution < 1.29 is 0 Å². The minimum atomic E-state index is 0. The number of nitrogens with zero attached hydrogens (tertiary/aromatic N) is 4. The van der Waals surface area contributed by atoms with E-state index in [0.717, 1.165) is 55.1 Å². The van der Waals surface area contributed by atoms with Crippen molar-refractivity contribution >= 4 is 53.0 Å². The number of nitrogens with one attached hydrogen (secondary N) is 2. The Morgan fingerprint density at radius 3 is 2.96 bits per heavy atom. The van der Waals surface area contributed by atoms with Crippen LogP contribution in [0, 0.1) is 0 Å². The van der Waals surface area contributed by atoms with Gasteiger partial charge in [-0.1, -0.05) is 11.8 Å². The predicted molar refractivity (Wildman–Crippen MR) is 114 cm³/mol. The summed E-state index contributed by atoms with van der Waals surface area (Å²) in [5.41, 5.74) is 0. The van der Waals surface area contributed by atoms with Crippen LogP contribution >= 0.6 is 47.1 Å². The van der Waals surface area contributed by atoms with E-state index in [1.165, 1.54) is 0 Å². The average Bonchev–Trinajstić information content (AvgIpc) is 3.24. The van der Waals surface area contributed by atoms with Gasteiger partial charge < -0.3 is 10.6 Å². The number of aromatic nitrogens is 3. The first-order chi connectivity index (χ1) is 11.4. The number of rotatable bonds is 10. The van der Waals surface area contributed by atoms with Gasteiger partial charge in [-0.3, -0.25) is 9.67 Å². The molecule has 0 atom stereocenters. The molecule has 2 heterocycles. The molecule has 0 bridgehead atoms. The van der Waals surface area contributed by atoms with Gasteiger partial charge in [0.05, 0.1) is 0 Å². The van der Waals surface area contributed by atoms with Crippen LogP contribution in [-0.4, -0.2) is 46.1 Å². The SMILES string of the molecule is CCNC(=NCCCSc1nccs1)NCCCn1cccn1.I. The maximum Gasteiger partial charge on any atom is 0.191 e. The molecule has 24 heavy (non-hydrogen) atoms. The lowest BCUT2D eigenvalue weighted by Crippen LogP contribution is -2.38. The highest BCUT2D eigenvalue weighted by molar-refractivity contribution is 14.0. The van der Waals surface area contributed by atoms with Crippen molar-refractivity contribution in [2.24, 2.45) is 4.99 Å². The highest BCUT2D eigenvalue weighted by Crippen LogP contribution is 2.20. The van der Waals surface area contributed by atoms with Crippen molar-refractivity contribution in [1.29, 1.82) is 0 Å². The lowest BCUT2D eigenvalue weighted by Gasteiger charge is -2.11. The third kappa shape index (κ3) is 8.88. The fourth-order valence-electron chi connectivity index (χ4n) is 1.92. The molecule has 2 rings (SSSR count). The molecular weight excluding hydrogens is 455 g/mol. The van der Waals surface area contributed by atoms with Crippen LogP contribution < -0.4 is 10.6 Å². The van der Waals surface area contributed by atoms with E-state index in [-0.39, 0.29) is 24.0 Å². The lowest BCUT2D eigenvalue weighted by atomic mass is 10.4. The number of aryl methyl sites for hydroxylation is 1. The summed E-state index contributed by atoms with van der Waals surface area (Å²) in [6.07, 6.45) is 7.71. The quantitative estimate of drug-likeness (QED) is 0.180. The fourth-order valence-corrected chi connectivity index (χ4v) is 3.55. The van der Waals surface area contributed by atoms with Gasteiger partial charge in [0.25, 0.3) is 0 Å². The predicted octanol–water partition coefficient (Wildman–Crippen LogP) is 3.09. The summed E-state index contributed by atoms with van der Waals surface area (Å²) in [7, 11) is 0. The number of guanidine groups is 1. The Kier molecular flexibility index (Phi) is 11.9. The van der Waals surface area contributed by atoms with E-state index >= 15 is 0 Å². The van der Waals surface area contributed by atoms with Crippen molar-refractivity contribution in [2.75, 3.05) is 25.4 Å². The first-order valence-electron chi connectivity index (χ1n) is 7.90. The summed E-state index contributed by atoms with van der Waals surface area (Å²) in [6, 6.07) is 1.95. The molecule has 2 N–H and O–H groups in total. The second kappa shape index (κ2) is 13.5. The highest BCUT2D eigenvalue weighted by atomic mass is 127. The van der Waals surface area contributed by atoms with Crippen LogP contribution in [0.2, 0.25) is 0 Å². The smallest absolute Gasteiger partial charge is 0.191 e. The zero-order valence-electron chi connectivity index (χ0n) is 13.9. The second-order valence-corrected chi connectivity index (χ2v) is 7.05. The minimum Gasteiger partial charge on any atom is -0.357 e. The summed E-state index contributed by atoms with van der Waals surface area (Å²) in [5, 5.41) is 12.9. The van der Waals surface area contributed by atoms with Gasteiger partial charge in [0.2, 0.25) is 0 Å². The molecule has 0 aliphatic heterocycles. The van der Waals surface area contributed by atoms with Crippen molar-refractivity contribution in [2.45, 2.75) is 30.6 Å². The number of thioether (sulfide) groups is 1. The van der Waals surface area contributed by atoms with E-state index in [9.17, 15) is 0 Å². The van der Waals surface area contributed by atoms with Crippen molar-refractivity contribution in [3.8, 4) is 0 Å². The first kappa shape index (κ1) is 21.2. The Labute approximate surface area is 169 Å². The molecule has 2 aromatic heterocycles. The molecule has 0 radical (unpaired) electrons. The van der Waals surface area contributed by atoms with Gasteiger partial charge in [-0.25, -0.2) is 4.98 Å². The molecule has 0 aliphatic carbocycles. The van der Waals surface area contributed by atoms with Crippen LogP contribution in [0.25, 0.3) is 0 Å². The second-order valence-electron chi connectivity index (χ2n) is 4.81. The van der Waals surface area contributed by atoms with E-state index in [1.54, 1.807) is 23.1 Å². The normalized spacial score (nSPS) is 11.1. The Balaban J connectivity index is 0.00000288. The van der Waals surface area contributed by atoms with Crippen LogP contribution in [0.15, 0.2) is 39.4 Å². The molecule has 0 aliphatic rings. The van der Waals surface area contributed by atoms with Gasteiger partial charge in [0, 0.05) is 55.9 Å². The third-order valence-corrected chi connectivity index (χ3v) is 5.02. The summed E-state index contributed by atoms with van der Waals surface area (Å²) < 4.78 is 3.08. The van der Waals surface area contributed by atoms with Crippen LogP contribution in [0.3, 0.4) is 0 Å². The fraction of sp³-hybridized carbons (Fsp3) is 0.533. The summed E-state index contributed by atoms with van der Waals surface area (Å²) in [4.78, 5) is 8.87. The molecule has 0 amide bonds. The molecule has 2 aromatic rings. The molecule has 6 nitrogen and oxygen atoms in total. The average molecular weight is 480 g/mol. The molecule has 0 spiro atoms. The largest absolute Gasteiger partial charge is 0.357 e. The van der Waals surface area contributed by atoms with E-state index in [2.05, 4.69) is 32.6 Å². The molecule has 0 unspecified atom stereocenters. The zero-order chi connectivity index (χ0) is 16.2. The van der Waals surface area contributed by atoms with E-state index in [4.69, 9.17) is 0 Å². The van der Waals surface area contributed by atoms with Gasteiger partial charge >= 0.3 is 0 Å². The number of thiazole rings is 1. The van der Waals surface area contributed by atoms with Gasteiger partial charge in [-0.05, 0) is 25.8 Å². The number of halogens is 1. The summed E-state index contributed by atoms with van der Waals surface area (Å²) >= 11 is 3.49. The molecule has 0 saturated carbocycles. The van der Waals surface area contributed by atoms with Crippen LogP contribution in [0.1, 0.15) is 19.8 Å². The minimum absolute atomic E-state index is 0. The Morgan fingerprint density at radius 1 is 1.33 bits per heavy atom. The van der Waals surface area contributed by atoms with E-state index in [0.29, 0.717) is 0 Å². The standard InChI is InChI=1S/C15H24N6S2.HI/c1-2-16-14(17-6-3-10-21-11-4-8-20-21)18-7-5-12-22-15-19-9-13-23-15;/h4,8-9,11,13H,2-3,5-7,10,12H2,1H3,(H2,16,17,18);1H. The summed E-state index contributed by atoms with van der Waals surface area (Å²) in [6.45, 7) is 5.59. The number of hydrogen-bond donors (Lipinski definition) is 2. The molecular formula is C15H25IN6S2. The molecule has 0 saturated heterocycles. The Bertz CT molecular complexity index is 544. The Hall–Kier alpha value is -0.810. The first-order valence-corrected chi connectivity index (χ1v) is 9.77. The monoisotopic (exact) mass is 480 g/mol. The third-order valence-electron chi connectivity index (χ3n) is 2.97. The number of hydrogen-bond acceptors (Lipinski definition) is 5. The van der Waals surface area contributed by atoms with Crippen LogP contribution in [0.4, 0.5) is 0 Å². The van der Waals surface area contributed by atoms with Gasteiger partial charge in [-0.2, -0.15) is 5.10 Å². The number of aliphatic imine (C=N–C) groups is 1. The van der Waals surface area contributed by atoms with E-state index in [1.807, 2.05) is 34.7 Å². The summed E-state index contributed by atoms with van der Waals surface area (Å²) in [5.74, 6) is 1.95. The van der Waals surface area contributed by atoms with Crippen molar-refractivity contribution in [3.05, 3.63) is 30.0 Å². The molecule has 0 aromatic carbocycles. The molecule has 0 fully saturated rings. The highest BCUT2D eigenvalue weighted by Gasteiger charge is 1.98. The van der Waals surface area contributed by atoms with Crippen molar-refractivity contribution in [1.82, 2.24) is 25.4 Å². The Morgan fingerprint density at radius 2 is 2.25 bits per heavy atom. The van der Waals surface area contributed by atoms with Gasteiger partial charge in [0.1, 0.15) is 4.34 Å². The zero-order valence-corrected chi connectivity index (χ0v) is 17.8. The van der Waals surface area contributed by atoms with Crippen LogP contribution in [-0.2, 0) is 6.54 Å². The van der Waals surface area contributed by atoms with Gasteiger partial charge in [-0.15, -0.1) is 35.3 Å².